The third kappa shape index (κ3) is 4.35. The molecule has 3 heterocycles. The highest BCUT2D eigenvalue weighted by Gasteiger charge is 2.24. The Balaban J connectivity index is 1.52. The van der Waals surface area contributed by atoms with Crippen LogP contribution in [0.2, 0.25) is 0 Å². The molecule has 162 valence electrons. The zero-order valence-corrected chi connectivity index (χ0v) is 17.6. The van der Waals surface area contributed by atoms with Crippen LogP contribution in [0.25, 0.3) is 11.0 Å². The van der Waals surface area contributed by atoms with Crippen LogP contribution in [0.5, 0.6) is 5.75 Å². The lowest BCUT2D eigenvalue weighted by atomic mass is 10.0. The number of fused-ring (bicyclic) bond motifs is 3. The molecule has 8 heteroatoms. The maximum atomic E-state index is 12.6. The van der Waals surface area contributed by atoms with E-state index in [2.05, 4.69) is 9.80 Å². The quantitative estimate of drug-likeness (QED) is 0.520. The summed E-state index contributed by atoms with van der Waals surface area (Å²) in [7, 11) is 1.31. The van der Waals surface area contributed by atoms with Crippen molar-refractivity contribution >= 4 is 16.9 Å². The highest BCUT2D eigenvalue weighted by atomic mass is 16.5. The third-order valence-electron chi connectivity index (χ3n) is 5.90. The fourth-order valence-corrected chi connectivity index (χ4v) is 4.11. The lowest BCUT2D eigenvalue weighted by Gasteiger charge is -2.31. The number of rotatable bonds is 6. The second kappa shape index (κ2) is 9.16. The van der Waals surface area contributed by atoms with Crippen LogP contribution in [-0.2, 0) is 27.2 Å². The Bertz CT molecular complexity index is 980. The molecule has 0 bridgehead atoms. The molecule has 0 saturated carbocycles. The highest BCUT2D eigenvalue weighted by Crippen LogP contribution is 2.33. The molecular formula is C22H28N2O6. The van der Waals surface area contributed by atoms with Crippen molar-refractivity contribution in [3.8, 4) is 5.75 Å². The predicted octanol–water partition coefficient (Wildman–Crippen LogP) is 1.69. The first kappa shape index (κ1) is 20.8. The molecule has 2 aliphatic rings. The van der Waals surface area contributed by atoms with Gasteiger partial charge in [-0.1, -0.05) is 0 Å². The molecule has 0 aliphatic carbocycles. The SMILES string of the molecule is COC(=O)Cc1c(C)c2ccc3c(c2oc1=O)CN(CCCN1CCOCC1)CO3. The van der Waals surface area contributed by atoms with Crippen molar-refractivity contribution in [1.82, 2.24) is 9.80 Å². The second-order valence-electron chi connectivity index (χ2n) is 7.80. The first-order chi connectivity index (χ1) is 14.6. The van der Waals surface area contributed by atoms with E-state index in [0.717, 1.165) is 68.1 Å². The number of nitrogens with zero attached hydrogens (tertiary/aromatic N) is 2. The van der Waals surface area contributed by atoms with Crippen molar-refractivity contribution in [2.45, 2.75) is 26.3 Å². The van der Waals surface area contributed by atoms with E-state index >= 15 is 0 Å². The van der Waals surface area contributed by atoms with Crippen LogP contribution in [0, 0.1) is 6.92 Å². The summed E-state index contributed by atoms with van der Waals surface area (Å²) >= 11 is 0. The number of carbonyl (C=O) groups is 1. The first-order valence-electron chi connectivity index (χ1n) is 10.4. The molecule has 0 atom stereocenters. The minimum atomic E-state index is -0.497. The molecule has 2 aromatic rings. The first-order valence-corrected chi connectivity index (χ1v) is 10.4. The van der Waals surface area contributed by atoms with Crippen LogP contribution in [0.4, 0.5) is 0 Å². The number of ether oxygens (including phenoxy) is 3. The molecule has 30 heavy (non-hydrogen) atoms. The summed E-state index contributed by atoms with van der Waals surface area (Å²) in [6.45, 7) is 8.55. The van der Waals surface area contributed by atoms with E-state index in [-0.39, 0.29) is 6.42 Å². The number of esters is 1. The maximum absolute atomic E-state index is 12.6. The van der Waals surface area contributed by atoms with E-state index in [1.807, 2.05) is 19.1 Å². The molecule has 1 saturated heterocycles. The maximum Gasteiger partial charge on any atom is 0.340 e. The van der Waals surface area contributed by atoms with Gasteiger partial charge in [0.1, 0.15) is 18.1 Å². The molecule has 1 aromatic carbocycles. The van der Waals surface area contributed by atoms with Crippen LogP contribution in [0.15, 0.2) is 21.3 Å². The standard InChI is InChI=1S/C22H28N2O6/c1-15-16-4-5-19-18(21(16)30-22(26)17(15)12-20(25)27-2)13-24(14-29-19)7-3-6-23-8-10-28-11-9-23/h4-5H,3,6-14H2,1-2H3. The van der Waals surface area contributed by atoms with Gasteiger partial charge in [0.05, 0.1) is 37.9 Å². The lowest BCUT2D eigenvalue weighted by Crippen LogP contribution is -2.39. The second-order valence-corrected chi connectivity index (χ2v) is 7.80. The van der Waals surface area contributed by atoms with Crippen molar-refractivity contribution in [3.63, 3.8) is 0 Å². The molecule has 0 radical (unpaired) electrons. The molecule has 0 N–H and O–H groups in total. The summed E-state index contributed by atoms with van der Waals surface area (Å²) in [5, 5.41) is 0.825. The Morgan fingerprint density at radius 3 is 2.70 bits per heavy atom. The number of morpholine rings is 1. The third-order valence-corrected chi connectivity index (χ3v) is 5.90. The molecule has 4 rings (SSSR count). The van der Waals surface area contributed by atoms with Crippen molar-refractivity contribution in [3.05, 3.63) is 39.2 Å². The van der Waals surface area contributed by atoms with Gasteiger partial charge in [0.2, 0.25) is 0 Å². The number of methoxy groups -OCH3 is 1. The molecule has 0 unspecified atom stereocenters. The Morgan fingerprint density at radius 1 is 1.17 bits per heavy atom. The zero-order valence-electron chi connectivity index (χ0n) is 17.6. The number of hydrogen-bond donors (Lipinski definition) is 0. The van der Waals surface area contributed by atoms with E-state index in [1.54, 1.807) is 0 Å². The molecule has 1 aromatic heterocycles. The summed E-state index contributed by atoms with van der Waals surface area (Å²) < 4.78 is 21.7. The fraction of sp³-hybridized carbons (Fsp3) is 0.545. The van der Waals surface area contributed by atoms with E-state index < -0.39 is 11.6 Å². The van der Waals surface area contributed by atoms with Gasteiger partial charge in [-0.25, -0.2) is 4.79 Å². The van der Waals surface area contributed by atoms with E-state index in [1.165, 1.54) is 7.11 Å². The van der Waals surface area contributed by atoms with Crippen LogP contribution >= 0.6 is 0 Å². The average Bonchev–Trinajstić information content (AvgIpc) is 2.77. The monoisotopic (exact) mass is 416 g/mol. The Kier molecular flexibility index (Phi) is 6.36. The van der Waals surface area contributed by atoms with Crippen LogP contribution in [-0.4, -0.2) is 69.0 Å². The van der Waals surface area contributed by atoms with Gasteiger partial charge in [-0.3, -0.25) is 14.6 Å². The van der Waals surface area contributed by atoms with Gasteiger partial charge >= 0.3 is 11.6 Å². The minimum absolute atomic E-state index is 0.0954. The van der Waals surface area contributed by atoms with Crippen LogP contribution in [0.1, 0.15) is 23.1 Å². The molecule has 1 fully saturated rings. The molecule has 8 nitrogen and oxygen atoms in total. The summed E-state index contributed by atoms with van der Waals surface area (Å²) in [5.41, 5.74) is 2.02. The van der Waals surface area contributed by atoms with E-state index in [4.69, 9.17) is 18.6 Å². The summed E-state index contributed by atoms with van der Waals surface area (Å²) in [6, 6.07) is 3.80. The number of hydrogen-bond acceptors (Lipinski definition) is 8. The lowest BCUT2D eigenvalue weighted by molar-refractivity contribution is -0.139. The van der Waals surface area contributed by atoms with Gasteiger partial charge in [0.25, 0.3) is 0 Å². The largest absolute Gasteiger partial charge is 0.478 e. The van der Waals surface area contributed by atoms with Gasteiger partial charge in [-0.05, 0) is 37.6 Å². The van der Waals surface area contributed by atoms with Crippen LogP contribution in [0.3, 0.4) is 0 Å². The molecule has 0 amide bonds. The smallest absolute Gasteiger partial charge is 0.340 e. The highest BCUT2D eigenvalue weighted by molar-refractivity contribution is 5.87. The number of benzene rings is 1. The van der Waals surface area contributed by atoms with Gasteiger partial charge in [0.15, 0.2) is 0 Å². The van der Waals surface area contributed by atoms with E-state index in [0.29, 0.717) is 24.4 Å². The number of carbonyl (C=O) groups excluding carboxylic acids is 1. The number of aryl methyl sites for hydroxylation is 1. The molecule has 0 spiro atoms. The Labute approximate surface area is 175 Å². The Hall–Kier alpha value is -2.42. The van der Waals surface area contributed by atoms with Gasteiger partial charge in [-0.2, -0.15) is 0 Å². The van der Waals surface area contributed by atoms with Crippen molar-refractivity contribution in [2.75, 3.05) is 53.2 Å². The predicted molar refractivity (Wildman–Crippen MR) is 111 cm³/mol. The molecular weight excluding hydrogens is 388 g/mol. The normalized spacial score (nSPS) is 17.5. The summed E-state index contributed by atoms with van der Waals surface area (Å²) in [6.07, 6.45) is 0.942. The van der Waals surface area contributed by atoms with Crippen LogP contribution < -0.4 is 10.4 Å². The fourth-order valence-electron chi connectivity index (χ4n) is 4.11. The average molecular weight is 416 g/mol. The van der Waals surface area contributed by atoms with Crippen molar-refractivity contribution < 1.29 is 23.4 Å². The summed E-state index contributed by atoms with van der Waals surface area (Å²) in [5.74, 6) is 0.285. The molecule has 2 aliphatic heterocycles. The van der Waals surface area contributed by atoms with Crippen molar-refractivity contribution in [1.29, 1.82) is 0 Å². The van der Waals surface area contributed by atoms with Gasteiger partial charge in [-0.15, -0.1) is 0 Å². The van der Waals surface area contributed by atoms with Gasteiger partial charge in [0, 0.05) is 31.6 Å². The topological polar surface area (TPSA) is 81.5 Å². The van der Waals surface area contributed by atoms with Crippen molar-refractivity contribution in [2.24, 2.45) is 0 Å². The summed E-state index contributed by atoms with van der Waals surface area (Å²) in [4.78, 5) is 28.9. The minimum Gasteiger partial charge on any atom is -0.478 e. The Morgan fingerprint density at radius 2 is 1.93 bits per heavy atom. The zero-order chi connectivity index (χ0) is 21.1. The van der Waals surface area contributed by atoms with Gasteiger partial charge < -0.3 is 18.6 Å². The van der Waals surface area contributed by atoms with E-state index in [9.17, 15) is 9.59 Å².